The number of amides is 2. The summed E-state index contributed by atoms with van der Waals surface area (Å²) in [4.78, 5) is 36.1. The summed E-state index contributed by atoms with van der Waals surface area (Å²) in [6.45, 7) is 0.360. The van der Waals surface area contributed by atoms with Crippen molar-refractivity contribution < 1.29 is 14.5 Å². The van der Waals surface area contributed by atoms with Gasteiger partial charge in [0.2, 0.25) is 5.91 Å². The zero-order valence-electron chi connectivity index (χ0n) is 13.0. The number of hydrogen-bond acceptors (Lipinski definition) is 4. The molecular formula is C17H14ClN3O4. The second kappa shape index (κ2) is 6.90. The van der Waals surface area contributed by atoms with Crippen LogP contribution in [0.15, 0.2) is 48.5 Å². The smallest absolute Gasteiger partial charge is 0.269 e. The minimum absolute atomic E-state index is 0.0819. The van der Waals surface area contributed by atoms with E-state index in [4.69, 9.17) is 11.6 Å². The highest BCUT2D eigenvalue weighted by atomic mass is 35.5. The van der Waals surface area contributed by atoms with Gasteiger partial charge in [-0.2, -0.15) is 0 Å². The maximum atomic E-state index is 12.2. The third kappa shape index (κ3) is 3.77. The average Bonchev–Trinajstić information content (AvgIpc) is 2.96. The van der Waals surface area contributed by atoms with Crippen molar-refractivity contribution in [2.75, 3.05) is 11.4 Å². The lowest BCUT2D eigenvalue weighted by molar-refractivity contribution is -0.384. The molecule has 3 rings (SSSR count). The minimum atomic E-state index is -0.526. The quantitative estimate of drug-likeness (QED) is 0.671. The van der Waals surface area contributed by atoms with Crippen LogP contribution in [0.4, 0.5) is 11.4 Å². The Morgan fingerprint density at radius 3 is 2.40 bits per heavy atom. The normalized spacial score (nSPS) is 16.8. The molecule has 1 aliphatic rings. The van der Waals surface area contributed by atoms with Gasteiger partial charge < -0.3 is 10.2 Å². The van der Waals surface area contributed by atoms with Crippen LogP contribution < -0.4 is 10.2 Å². The van der Waals surface area contributed by atoms with Gasteiger partial charge in [0, 0.05) is 41.4 Å². The molecule has 1 atom stereocenters. The van der Waals surface area contributed by atoms with E-state index < -0.39 is 4.92 Å². The summed E-state index contributed by atoms with van der Waals surface area (Å²) in [7, 11) is 0. The van der Waals surface area contributed by atoms with E-state index in [1.54, 1.807) is 29.2 Å². The Hall–Kier alpha value is -2.93. The monoisotopic (exact) mass is 359 g/mol. The van der Waals surface area contributed by atoms with E-state index in [-0.39, 0.29) is 30.0 Å². The van der Waals surface area contributed by atoms with E-state index in [1.807, 2.05) is 0 Å². The Balaban J connectivity index is 1.65. The van der Waals surface area contributed by atoms with Crippen LogP contribution >= 0.6 is 11.6 Å². The largest absolute Gasteiger partial charge is 0.347 e. The van der Waals surface area contributed by atoms with E-state index in [9.17, 15) is 19.7 Å². The first kappa shape index (κ1) is 16.9. The van der Waals surface area contributed by atoms with E-state index in [0.29, 0.717) is 17.1 Å². The highest BCUT2D eigenvalue weighted by Crippen LogP contribution is 2.23. The molecule has 7 nitrogen and oxygen atoms in total. The van der Waals surface area contributed by atoms with E-state index >= 15 is 0 Å². The lowest BCUT2D eigenvalue weighted by Crippen LogP contribution is -2.37. The molecule has 1 N–H and O–H groups in total. The lowest BCUT2D eigenvalue weighted by Gasteiger charge is -2.17. The van der Waals surface area contributed by atoms with E-state index in [0.717, 1.165) is 5.69 Å². The molecular weight excluding hydrogens is 346 g/mol. The van der Waals surface area contributed by atoms with Gasteiger partial charge in [-0.05, 0) is 36.4 Å². The van der Waals surface area contributed by atoms with Gasteiger partial charge in [-0.3, -0.25) is 19.7 Å². The summed E-state index contributed by atoms with van der Waals surface area (Å²) < 4.78 is 0. The van der Waals surface area contributed by atoms with Crippen LogP contribution in [0.3, 0.4) is 0 Å². The molecule has 0 saturated carbocycles. The van der Waals surface area contributed by atoms with Gasteiger partial charge in [0.1, 0.15) is 0 Å². The van der Waals surface area contributed by atoms with Gasteiger partial charge in [-0.25, -0.2) is 0 Å². The fourth-order valence-electron chi connectivity index (χ4n) is 2.68. The number of anilines is 1. The number of hydrogen-bond donors (Lipinski definition) is 1. The molecule has 0 spiro atoms. The molecule has 8 heteroatoms. The van der Waals surface area contributed by atoms with Crippen molar-refractivity contribution in [1.29, 1.82) is 0 Å². The fraction of sp³-hybridized carbons (Fsp3) is 0.176. The molecule has 0 aliphatic carbocycles. The van der Waals surface area contributed by atoms with Gasteiger partial charge >= 0.3 is 0 Å². The summed E-state index contributed by atoms with van der Waals surface area (Å²) in [6, 6.07) is 11.9. The molecule has 0 bridgehead atoms. The van der Waals surface area contributed by atoms with Crippen LogP contribution in [0.5, 0.6) is 0 Å². The highest BCUT2D eigenvalue weighted by molar-refractivity contribution is 6.30. The Morgan fingerprint density at radius 1 is 1.16 bits per heavy atom. The number of nitro benzene ring substituents is 1. The zero-order chi connectivity index (χ0) is 18.0. The summed E-state index contributed by atoms with van der Waals surface area (Å²) in [6.07, 6.45) is 0.196. The molecule has 0 radical (unpaired) electrons. The van der Waals surface area contributed by atoms with Crippen molar-refractivity contribution in [2.24, 2.45) is 0 Å². The van der Waals surface area contributed by atoms with Crippen LogP contribution in [0.1, 0.15) is 16.8 Å². The van der Waals surface area contributed by atoms with Crippen molar-refractivity contribution >= 4 is 34.8 Å². The summed E-state index contributed by atoms with van der Waals surface area (Å²) in [5.74, 6) is -0.457. The molecule has 2 aromatic carbocycles. The topological polar surface area (TPSA) is 92.6 Å². The third-order valence-corrected chi connectivity index (χ3v) is 4.19. The molecule has 128 valence electrons. The van der Waals surface area contributed by atoms with Gasteiger partial charge in [-0.15, -0.1) is 0 Å². The Bertz CT molecular complexity index is 821. The van der Waals surface area contributed by atoms with E-state index in [2.05, 4.69) is 5.32 Å². The highest BCUT2D eigenvalue weighted by Gasteiger charge is 2.31. The van der Waals surface area contributed by atoms with Crippen LogP contribution in [0.25, 0.3) is 0 Å². The summed E-state index contributed by atoms with van der Waals surface area (Å²) >= 11 is 5.85. The number of nitro groups is 1. The van der Waals surface area contributed by atoms with Crippen molar-refractivity contribution in [3.05, 3.63) is 69.2 Å². The van der Waals surface area contributed by atoms with Crippen LogP contribution in [0.2, 0.25) is 5.02 Å². The first-order valence-corrected chi connectivity index (χ1v) is 7.93. The van der Waals surface area contributed by atoms with Crippen molar-refractivity contribution in [3.63, 3.8) is 0 Å². The predicted molar refractivity (Wildman–Crippen MR) is 92.8 cm³/mol. The number of nitrogens with zero attached hydrogens (tertiary/aromatic N) is 2. The number of non-ortho nitro benzene ring substituents is 1. The Kier molecular flexibility index (Phi) is 4.67. The number of rotatable bonds is 4. The number of nitrogens with one attached hydrogen (secondary N) is 1. The zero-order valence-corrected chi connectivity index (χ0v) is 13.8. The van der Waals surface area contributed by atoms with Gasteiger partial charge in [0.15, 0.2) is 0 Å². The predicted octanol–water partition coefficient (Wildman–Crippen LogP) is 2.78. The second-order valence-corrected chi connectivity index (χ2v) is 6.10. The summed E-state index contributed by atoms with van der Waals surface area (Å²) in [5.41, 5.74) is 0.950. The molecule has 1 heterocycles. The molecule has 25 heavy (non-hydrogen) atoms. The number of benzene rings is 2. The second-order valence-electron chi connectivity index (χ2n) is 5.66. The van der Waals surface area contributed by atoms with E-state index in [1.165, 1.54) is 24.3 Å². The molecule has 2 amide bonds. The minimum Gasteiger partial charge on any atom is -0.347 e. The maximum absolute atomic E-state index is 12.2. The lowest BCUT2D eigenvalue weighted by atomic mass is 10.1. The summed E-state index contributed by atoms with van der Waals surface area (Å²) in [5, 5.41) is 14.0. The first-order chi connectivity index (χ1) is 11.9. The Morgan fingerprint density at radius 2 is 1.80 bits per heavy atom. The molecule has 1 saturated heterocycles. The molecule has 1 unspecified atom stereocenters. The van der Waals surface area contributed by atoms with Crippen LogP contribution in [-0.4, -0.2) is 29.3 Å². The molecule has 2 aromatic rings. The number of halogens is 1. The third-order valence-electron chi connectivity index (χ3n) is 3.94. The van der Waals surface area contributed by atoms with Gasteiger partial charge in [0.05, 0.1) is 11.0 Å². The van der Waals surface area contributed by atoms with Crippen LogP contribution in [-0.2, 0) is 4.79 Å². The van der Waals surface area contributed by atoms with Crippen molar-refractivity contribution in [3.8, 4) is 0 Å². The Labute approximate surface area is 148 Å². The van der Waals surface area contributed by atoms with Crippen molar-refractivity contribution in [1.82, 2.24) is 5.32 Å². The maximum Gasteiger partial charge on any atom is 0.269 e. The fourth-order valence-corrected chi connectivity index (χ4v) is 2.80. The van der Waals surface area contributed by atoms with Gasteiger partial charge in [0.25, 0.3) is 11.6 Å². The molecule has 1 aliphatic heterocycles. The average molecular weight is 360 g/mol. The van der Waals surface area contributed by atoms with Crippen LogP contribution in [0, 0.1) is 10.1 Å². The molecule has 0 aromatic heterocycles. The molecule has 1 fully saturated rings. The first-order valence-electron chi connectivity index (χ1n) is 7.55. The van der Waals surface area contributed by atoms with Gasteiger partial charge in [-0.1, -0.05) is 11.6 Å². The SMILES string of the molecule is O=C(NC1CC(=O)N(c2ccc(Cl)cc2)C1)c1ccc([N+](=O)[O-])cc1. The number of carbonyl (C=O) groups excluding carboxylic acids is 2. The van der Waals surface area contributed by atoms with Crippen molar-refractivity contribution in [2.45, 2.75) is 12.5 Å². The number of carbonyl (C=O) groups is 2. The standard InChI is InChI=1S/C17H14ClN3O4/c18-12-3-7-14(8-4-12)20-10-13(9-16(20)22)19-17(23)11-1-5-15(6-2-11)21(24)25/h1-8,13H,9-10H2,(H,19,23).